The van der Waals surface area contributed by atoms with Crippen molar-refractivity contribution in [2.45, 2.75) is 12.3 Å². The third-order valence-electron chi connectivity index (χ3n) is 5.23. The second-order valence-electron chi connectivity index (χ2n) is 6.80. The van der Waals surface area contributed by atoms with Crippen LogP contribution in [-0.2, 0) is 4.79 Å². The van der Waals surface area contributed by atoms with E-state index in [2.05, 4.69) is 10.3 Å². The van der Waals surface area contributed by atoms with Crippen molar-refractivity contribution in [3.8, 4) is 28.7 Å². The minimum absolute atomic E-state index is 0.105. The molecule has 1 amide bonds. The summed E-state index contributed by atoms with van der Waals surface area (Å²) in [6.07, 6.45) is 1.94. The summed E-state index contributed by atoms with van der Waals surface area (Å²) in [4.78, 5) is 17.3. The zero-order chi connectivity index (χ0) is 21.3. The number of benzene rings is 2. The van der Waals surface area contributed by atoms with E-state index in [1.54, 1.807) is 40.8 Å². The number of aromatic nitrogens is 2. The minimum Gasteiger partial charge on any atom is -0.497 e. The number of hydrogen-bond acceptors (Lipinski definition) is 6. The minimum atomic E-state index is -0.274. The number of imidazole rings is 1. The molecular formula is C22H23N3O5. The van der Waals surface area contributed by atoms with Crippen molar-refractivity contribution >= 4 is 11.7 Å². The molecule has 1 aliphatic heterocycles. The molecule has 1 aromatic heterocycles. The first-order valence-corrected chi connectivity index (χ1v) is 9.41. The molecule has 0 radical (unpaired) electrons. The van der Waals surface area contributed by atoms with Crippen molar-refractivity contribution in [2.75, 3.05) is 33.8 Å². The third kappa shape index (κ3) is 3.30. The van der Waals surface area contributed by atoms with Crippen LogP contribution in [0.15, 0.2) is 42.7 Å². The predicted octanol–water partition coefficient (Wildman–Crippen LogP) is 3.38. The molecule has 1 aliphatic rings. The number of ether oxygens (including phenoxy) is 4. The molecule has 156 valence electrons. The number of nitrogens with zero attached hydrogens (tertiary/aromatic N) is 2. The van der Waals surface area contributed by atoms with Crippen LogP contribution in [0.1, 0.15) is 23.6 Å². The SMILES string of the molecule is COc1ccc(-n2cnc3c2NC(=O)C[C@H]3c2cc(OC)ccc2OC)c(OC)c1. The Morgan fingerprint density at radius 1 is 0.933 bits per heavy atom. The van der Waals surface area contributed by atoms with Gasteiger partial charge in [-0.3, -0.25) is 9.36 Å². The molecule has 0 unspecified atom stereocenters. The Balaban J connectivity index is 1.85. The van der Waals surface area contributed by atoms with Crippen LogP contribution < -0.4 is 24.3 Å². The number of hydrogen-bond donors (Lipinski definition) is 1. The molecule has 30 heavy (non-hydrogen) atoms. The van der Waals surface area contributed by atoms with Crippen LogP contribution in [0.3, 0.4) is 0 Å². The molecule has 8 nitrogen and oxygen atoms in total. The van der Waals surface area contributed by atoms with Gasteiger partial charge < -0.3 is 24.3 Å². The Kier molecular flexibility index (Phi) is 5.22. The summed E-state index contributed by atoms with van der Waals surface area (Å²) in [6, 6.07) is 11.0. The van der Waals surface area contributed by atoms with Gasteiger partial charge in [0.25, 0.3) is 0 Å². The first-order chi connectivity index (χ1) is 14.6. The number of anilines is 1. The monoisotopic (exact) mass is 409 g/mol. The number of amides is 1. The van der Waals surface area contributed by atoms with Crippen molar-refractivity contribution in [2.24, 2.45) is 0 Å². The summed E-state index contributed by atoms with van der Waals surface area (Å²) in [6.45, 7) is 0. The van der Waals surface area contributed by atoms with Gasteiger partial charge in [0, 0.05) is 24.0 Å². The molecule has 0 fully saturated rings. The first-order valence-electron chi connectivity index (χ1n) is 9.41. The molecule has 0 spiro atoms. The molecule has 0 aliphatic carbocycles. The molecule has 1 N–H and O–H groups in total. The van der Waals surface area contributed by atoms with Gasteiger partial charge >= 0.3 is 0 Å². The lowest BCUT2D eigenvalue weighted by Crippen LogP contribution is -2.25. The van der Waals surface area contributed by atoms with Crippen molar-refractivity contribution in [1.82, 2.24) is 9.55 Å². The number of nitrogens with one attached hydrogen (secondary N) is 1. The van der Waals surface area contributed by atoms with E-state index in [0.717, 1.165) is 16.9 Å². The number of rotatable bonds is 6. The molecule has 4 rings (SSSR count). The van der Waals surface area contributed by atoms with Gasteiger partial charge in [-0.2, -0.15) is 0 Å². The predicted molar refractivity (Wildman–Crippen MR) is 111 cm³/mol. The number of carbonyl (C=O) groups excluding carboxylic acids is 1. The molecule has 0 saturated heterocycles. The van der Waals surface area contributed by atoms with E-state index in [4.69, 9.17) is 18.9 Å². The van der Waals surface area contributed by atoms with Crippen LogP contribution in [0.5, 0.6) is 23.0 Å². The highest BCUT2D eigenvalue weighted by Gasteiger charge is 2.33. The summed E-state index contributed by atoms with van der Waals surface area (Å²) >= 11 is 0. The number of fused-ring (bicyclic) bond motifs is 1. The Hall–Kier alpha value is -3.68. The Bertz CT molecular complexity index is 1090. The van der Waals surface area contributed by atoms with Gasteiger partial charge in [-0.05, 0) is 30.3 Å². The normalized spacial score (nSPS) is 15.2. The third-order valence-corrected chi connectivity index (χ3v) is 5.23. The van der Waals surface area contributed by atoms with Gasteiger partial charge in [-0.1, -0.05) is 0 Å². The smallest absolute Gasteiger partial charge is 0.226 e. The first kappa shape index (κ1) is 19.6. The molecule has 3 aromatic rings. The fraction of sp³-hybridized carbons (Fsp3) is 0.273. The van der Waals surface area contributed by atoms with Gasteiger partial charge in [0.1, 0.15) is 35.1 Å². The second-order valence-corrected chi connectivity index (χ2v) is 6.80. The van der Waals surface area contributed by atoms with Gasteiger partial charge in [0.2, 0.25) is 5.91 Å². The van der Waals surface area contributed by atoms with E-state index in [-0.39, 0.29) is 18.2 Å². The van der Waals surface area contributed by atoms with E-state index in [1.165, 1.54) is 0 Å². The molecule has 8 heteroatoms. The number of carbonyl (C=O) groups is 1. The summed E-state index contributed by atoms with van der Waals surface area (Å²) in [5.74, 6) is 2.87. The maximum Gasteiger partial charge on any atom is 0.226 e. The summed E-state index contributed by atoms with van der Waals surface area (Å²) in [7, 11) is 6.40. The highest BCUT2D eigenvalue weighted by Crippen LogP contribution is 2.43. The van der Waals surface area contributed by atoms with Crippen LogP contribution in [0.25, 0.3) is 5.69 Å². The lowest BCUT2D eigenvalue weighted by molar-refractivity contribution is -0.116. The van der Waals surface area contributed by atoms with Crippen LogP contribution in [0, 0.1) is 0 Å². The van der Waals surface area contributed by atoms with E-state index in [9.17, 15) is 4.79 Å². The molecule has 1 atom stereocenters. The average molecular weight is 409 g/mol. The number of methoxy groups -OCH3 is 4. The van der Waals surface area contributed by atoms with E-state index in [1.807, 2.05) is 34.9 Å². The fourth-order valence-electron chi connectivity index (χ4n) is 3.74. The Morgan fingerprint density at radius 2 is 1.63 bits per heavy atom. The van der Waals surface area contributed by atoms with Crippen LogP contribution in [0.4, 0.5) is 5.82 Å². The topological polar surface area (TPSA) is 83.8 Å². The zero-order valence-corrected chi connectivity index (χ0v) is 17.3. The van der Waals surface area contributed by atoms with Crippen molar-refractivity contribution < 1.29 is 23.7 Å². The van der Waals surface area contributed by atoms with E-state index >= 15 is 0 Å². The van der Waals surface area contributed by atoms with Crippen LogP contribution in [-0.4, -0.2) is 43.9 Å². The largest absolute Gasteiger partial charge is 0.497 e. The van der Waals surface area contributed by atoms with Gasteiger partial charge in [-0.15, -0.1) is 0 Å². The average Bonchev–Trinajstić information content (AvgIpc) is 3.20. The van der Waals surface area contributed by atoms with Crippen molar-refractivity contribution in [1.29, 1.82) is 0 Å². The maximum atomic E-state index is 12.6. The second kappa shape index (κ2) is 7.98. The highest BCUT2D eigenvalue weighted by atomic mass is 16.5. The summed E-state index contributed by atoms with van der Waals surface area (Å²) in [5.41, 5.74) is 2.34. The molecule has 2 heterocycles. The fourth-order valence-corrected chi connectivity index (χ4v) is 3.74. The lowest BCUT2D eigenvalue weighted by Gasteiger charge is -2.25. The van der Waals surface area contributed by atoms with E-state index < -0.39 is 0 Å². The lowest BCUT2D eigenvalue weighted by atomic mass is 9.89. The van der Waals surface area contributed by atoms with Gasteiger partial charge in [0.15, 0.2) is 0 Å². The molecule has 2 aromatic carbocycles. The highest BCUT2D eigenvalue weighted by molar-refractivity contribution is 5.94. The summed E-state index contributed by atoms with van der Waals surface area (Å²) < 4.78 is 23.5. The van der Waals surface area contributed by atoms with Gasteiger partial charge in [-0.25, -0.2) is 4.98 Å². The van der Waals surface area contributed by atoms with E-state index in [0.29, 0.717) is 28.8 Å². The standard InChI is InChI=1S/C22H23N3O5/c1-27-13-6-8-18(29-3)15(9-13)16-11-20(26)24-22-21(16)23-12-25(22)17-7-5-14(28-2)10-19(17)30-4/h5-10,12,16H,11H2,1-4H3,(H,24,26)/t16-/m0/s1. The molecule has 0 bridgehead atoms. The molecular weight excluding hydrogens is 386 g/mol. The molecule has 0 saturated carbocycles. The zero-order valence-electron chi connectivity index (χ0n) is 17.3. The van der Waals surface area contributed by atoms with Gasteiger partial charge in [0.05, 0.1) is 39.8 Å². The summed E-state index contributed by atoms with van der Waals surface area (Å²) in [5, 5.41) is 2.96. The van der Waals surface area contributed by atoms with Crippen molar-refractivity contribution in [3.63, 3.8) is 0 Å². The maximum absolute atomic E-state index is 12.6. The van der Waals surface area contributed by atoms with Crippen molar-refractivity contribution in [3.05, 3.63) is 54.0 Å². The Labute approximate surface area is 174 Å². The quantitative estimate of drug-likeness (QED) is 0.672. The van der Waals surface area contributed by atoms with Crippen LogP contribution >= 0.6 is 0 Å². The van der Waals surface area contributed by atoms with Crippen LogP contribution in [0.2, 0.25) is 0 Å². The Morgan fingerprint density at radius 3 is 2.33 bits per heavy atom.